The molecule has 0 saturated carbocycles. The highest BCUT2D eigenvalue weighted by atomic mass is 32.2. The van der Waals surface area contributed by atoms with Crippen LogP contribution in [0.25, 0.3) is 0 Å². The summed E-state index contributed by atoms with van der Waals surface area (Å²) in [6.45, 7) is 5.26. The third-order valence-corrected chi connectivity index (χ3v) is 4.14. The van der Waals surface area contributed by atoms with Crippen molar-refractivity contribution in [1.29, 1.82) is 0 Å². The Hall–Kier alpha value is -0.730. The molecule has 2 rings (SSSR count). The summed E-state index contributed by atoms with van der Waals surface area (Å²) < 4.78 is 6.12. The maximum Gasteiger partial charge on any atom is 0.0938 e. The van der Waals surface area contributed by atoms with Crippen LogP contribution in [0, 0.1) is 5.41 Å². The van der Waals surface area contributed by atoms with Gasteiger partial charge < -0.3 is 4.74 Å². The summed E-state index contributed by atoms with van der Waals surface area (Å²) in [7, 11) is 0. The van der Waals surface area contributed by atoms with Gasteiger partial charge >= 0.3 is 0 Å². The van der Waals surface area contributed by atoms with E-state index in [-0.39, 0.29) is 11.5 Å². The average Bonchev–Trinajstić information content (AvgIpc) is 2.63. The van der Waals surface area contributed by atoms with E-state index < -0.39 is 0 Å². The highest BCUT2D eigenvalue weighted by Crippen LogP contribution is 2.43. The molecule has 2 heteroatoms. The van der Waals surface area contributed by atoms with Crippen molar-refractivity contribution in [3.8, 4) is 0 Å². The first-order chi connectivity index (χ1) is 8.13. The molecule has 0 aromatic heterocycles. The second kappa shape index (κ2) is 5.28. The Morgan fingerprint density at radius 2 is 2.00 bits per heavy atom. The van der Waals surface area contributed by atoms with Crippen LogP contribution in [0.4, 0.5) is 0 Å². The summed E-state index contributed by atoms with van der Waals surface area (Å²) in [5, 5.41) is 0. The molecule has 0 heterocycles. The molecule has 1 atom stereocenters. The lowest BCUT2D eigenvalue weighted by molar-refractivity contribution is 0.00357. The van der Waals surface area contributed by atoms with Crippen LogP contribution in [0.3, 0.4) is 0 Å². The highest BCUT2D eigenvalue weighted by Gasteiger charge is 2.36. The predicted molar refractivity (Wildman–Crippen MR) is 75.0 cm³/mol. The van der Waals surface area contributed by atoms with Gasteiger partial charge in [0.2, 0.25) is 0 Å². The first-order valence-electron chi connectivity index (χ1n) is 6.03. The zero-order valence-corrected chi connectivity index (χ0v) is 11.6. The van der Waals surface area contributed by atoms with Crippen molar-refractivity contribution in [2.45, 2.75) is 33.0 Å². The van der Waals surface area contributed by atoms with E-state index in [1.165, 1.54) is 10.5 Å². The number of allylic oxidation sites excluding steroid dienone is 1. The Morgan fingerprint density at radius 3 is 2.65 bits per heavy atom. The van der Waals surface area contributed by atoms with Crippen LogP contribution in [0.15, 0.2) is 41.3 Å². The first kappa shape index (κ1) is 12.7. The molecule has 1 nitrogen and oxygen atoms in total. The summed E-state index contributed by atoms with van der Waals surface area (Å²) in [5.41, 5.74) is 1.48. The molecule has 0 fully saturated rings. The van der Waals surface area contributed by atoms with E-state index in [1.54, 1.807) is 0 Å². The Bertz CT molecular complexity index is 395. The average molecular weight is 248 g/mol. The molecule has 0 radical (unpaired) electrons. The van der Waals surface area contributed by atoms with Crippen molar-refractivity contribution in [1.82, 2.24) is 0 Å². The molecule has 1 aliphatic carbocycles. The molecule has 0 unspecified atom stereocenters. The summed E-state index contributed by atoms with van der Waals surface area (Å²) in [4.78, 5) is 1.38. The lowest BCUT2D eigenvalue weighted by Crippen LogP contribution is -2.28. The predicted octanol–water partition coefficient (Wildman–Crippen LogP) is 4.25. The van der Waals surface area contributed by atoms with E-state index in [0.717, 1.165) is 6.42 Å². The molecule has 0 aliphatic heterocycles. The number of ether oxygens (including phenoxy) is 1. The van der Waals surface area contributed by atoms with Crippen LogP contribution < -0.4 is 0 Å². The van der Waals surface area contributed by atoms with E-state index in [2.05, 4.69) is 50.4 Å². The molecule has 0 bridgehead atoms. The monoisotopic (exact) mass is 248 g/mol. The molecule has 0 spiro atoms. The summed E-state index contributed by atoms with van der Waals surface area (Å²) in [5.74, 6) is 0. The van der Waals surface area contributed by atoms with Crippen LogP contribution in [0.5, 0.6) is 0 Å². The molecule has 0 amide bonds. The van der Waals surface area contributed by atoms with Gasteiger partial charge in [-0.05, 0) is 23.7 Å². The second-order valence-corrected chi connectivity index (χ2v) is 6.06. The third kappa shape index (κ3) is 2.93. The van der Waals surface area contributed by atoms with E-state index in [1.807, 2.05) is 17.8 Å². The molecule has 92 valence electrons. The normalized spacial score (nSPS) is 22.5. The van der Waals surface area contributed by atoms with Gasteiger partial charge in [0.15, 0.2) is 0 Å². The van der Waals surface area contributed by atoms with Gasteiger partial charge in [-0.3, -0.25) is 0 Å². The van der Waals surface area contributed by atoms with Crippen molar-refractivity contribution in [3.63, 3.8) is 0 Å². The smallest absolute Gasteiger partial charge is 0.0938 e. The van der Waals surface area contributed by atoms with Crippen LogP contribution in [-0.4, -0.2) is 12.4 Å². The van der Waals surface area contributed by atoms with Gasteiger partial charge in [0.25, 0.3) is 0 Å². The molecule has 0 saturated heterocycles. The van der Waals surface area contributed by atoms with Crippen LogP contribution in [-0.2, 0) is 11.3 Å². The van der Waals surface area contributed by atoms with Crippen molar-refractivity contribution < 1.29 is 4.74 Å². The fourth-order valence-electron chi connectivity index (χ4n) is 2.21. The number of hydrogen-bond donors (Lipinski definition) is 0. The van der Waals surface area contributed by atoms with Gasteiger partial charge in [-0.2, -0.15) is 0 Å². The van der Waals surface area contributed by atoms with Crippen LogP contribution in [0.2, 0.25) is 0 Å². The van der Waals surface area contributed by atoms with Gasteiger partial charge in [-0.15, -0.1) is 11.8 Å². The Morgan fingerprint density at radius 1 is 1.29 bits per heavy atom. The topological polar surface area (TPSA) is 9.23 Å². The maximum absolute atomic E-state index is 6.12. The standard InChI is InChI=1S/C15H20OS/c1-15(2)10-9-13(17-3)14(15)16-11-12-7-5-4-6-8-12/h4-9,14H,10-11H2,1-3H3/t14-/m1/s1. The Kier molecular flexibility index (Phi) is 3.95. The molecular weight excluding hydrogens is 228 g/mol. The van der Waals surface area contributed by atoms with Crippen LogP contribution in [0.1, 0.15) is 25.8 Å². The van der Waals surface area contributed by atoms with Crippen molar-refractivity contribution >= 4 is 11.8 Å². The zero-order valence-electron chi connectivity index (χ0n) is 10.8. The van der Waals surface area contributed by atoms with Gasteiger partial charge in [-0.25, -0.2) is 0 Å². The third-order valence-electron chi connectivity index (χ3n) is 3.29. The van der Waals surface area contributed by atoms with Gasteiger partial charge in [-0.1, -0.05) is 50.3 Å². The summed E-state index contributed by atoms with van der Waals surface area (Å²) in [6.07, 6.45) is 5.81. The minimum Gasteiger partial charge on any atom is -0.368 e. The van der Waals surface area contributed by atoms with Gasteiger partial charge in [0, 0.05) is 4.91 Å². The number of rotatable bonds is 4. The second-order valence-electron chi connectivity index (χ2n) is 5.18. The lowest BCUT2D eigenvalue weighted by atomic mass is 9.88. The highest BCUT2D eigenvalue weighted by molar-refractivity contribution is 8.02. The van der Waals surface area contributed by atoms with Crippen molar-refractivity contribution in [2.75, 3.05) is 6.26 Å². The number of hydrogen-bond acceptors (Lipinski definition) is 2. The van der Waals surface area contributed by atoms with Crippen molar-refractivity contribution in [2.24, 2.45) is 5.41 Å². The number of thioether (sulfide) groups is 1. The molecular formula is C15H20OS. The summed E-state index contributed by atoms with van der Waals surface area (Å²) in [6, 6.07) is 10.4. The quantitative estimate of drug-likeness (QED) is 0.788. The van der Waals surface area contributed by atoms with E-state index in [9.17, 15) is 0 Å². The molecule has 17 heavy (non-hydrogen) atoms. The molecule has 1 aromatic carbocycles. The molecule has 1 aromatic rings. The minimum atomic E-state index is 0.229. The van der Waals surface area contributed by atoms with Crippen LogP contribution >= 0.6 is 11.8 Å². The maximum atomic E-state index is 6.12. The van der Waals surface area contributed by atoms with E-state index >= 15 is 0 Å². The first-order valence-corrected chi connectivity index (χ1v) is 7.25. The van der Waals surface area contributed by atoms with Crippen molar-refractivity contribution in [3.05, 3.63) is 46.9 Å². The summed E-state index contributed by atoms with van der Waals surface area (Å²) >= 11 is 1.81. The SMILES string of the molecule is CSC1=CCC(C)(C)[C@@H]1OCc1ccccc1. The Balaban J connectivity index is 2.00. The molecule has 0 N–H and O–H groups in total. The fourth-order valence-corrected chi connectivity index (χ4v) is 3.07. The fraction of sp³-hybridized carbons (Fsp3) is 0.467. The van der Waals surface area contributed by atoms with Gasteiger partial charge in [0.1, 0.15) is 0 Å². The minimum absolute atomic E-state index is 0.229. The Labute approximate surface area is 108 Å². The lowest BCUT2D eigenvalue weighted by Gasteiger charge is -2.29. The zero-order chi connectivity index (χ0) is 12.3. The van der Waals surface area contributed by atoms with E-state index in [4.69, 9.17) is 4.74 Å². The van der Waals surface area contributed by atoms with Gasteiger partial charge in [0.05, 0.1) is 12.7 Å². The van der Waals surface area contributed by atoms with E-state index in [0.29, 0.717) is 6.61 Å². The number of benzene rings is 1. The molecule has 1 aliphatic rings. The largest absolute Gasteiger partial charge is 0.368 e.